The number of likely N-dealkylation sites (tertiary alicyclic amines) is 1. The second-order valence-electron chi connectivity index (χ2n) is 5.08. The summed E-state index contributed by atoms with van der Waals surface area (Å²) in [6.45, 7) is 2.12. The summed E-state index contributed by atoms with van der Waals surface area (Å²) in [4.78, 5) is 24.6. The number of carbonyl (C=O) groups excluding carboxylic acids is 1. The smallest absolute Gasteiger partial charge is 0.308 e. The normalized spacial score (nSPS) is 19.5. The molecule has 0 unspecified atom stereocenters. The SMILES string of the molecule is COc1ccc([C@H](C)N2C[C@H](C(=O)O)CC2=O)cc1OC. The van der Waals surface area contributed by atoms with Gasteiger partial charge in [0.1, 0.15) is 0 Å². The van der Waals surface area contributed by atoms with Crippen LogP contribution in [0.3, 0.4) is 0 Å². The molecule has 21 heavy (non-hydrogen) atoms. The quantitative estimate of drug-likeness (QED) is 0.894. The van der Waals surface area contributed by atoms with Crippen molar-refractivity contribution in [1.82, 2.24) is 4.90 Å². The summed E-state index contributed by atoms with van der Waals surface area (Å²) < 4.78 is 10.4. The molecule has 0 aliphatic carbocycles. The second kappa shape index (κ2) is 6.03. The molecule has 1 aliphatic heterocycles. The molecule has 2 rings (SSSR count). The Bertz CT molecular complexity index is 557. The number of carboxylic acid groups (broad SMARTS) is 1. The average Bonchev–Trinajstić information content (AvgIpc) is 2.88. The Morgan fingerprint density at radius 1 is 1.33 bits per heavy atom. The highest BCUT2D eigenvalue weighted by Crippen LogP contribution is 2.34. The number of rotatable bonds is 5. The van der Waals surface area contributed by atoms with Gasteiger partial charge in [0.05, 0.1) is 26.2 Å². The van der Waals surface area contributed by atoms with Crippen molar-refractivity contribution in [2.24, 2.45) is 5.92 Å². The van der Waals surface area contributed by atoms with E-state index in [0.29, 0.717) is 11.5 Å². The number of nitrogens with zero attached hydrogens (tertiary/aromatic N) is 1. The zero-order valence-corrected chi connectivity index (χ0v) is 12.3. The van der Waals surface area contributed by atoms with E-state index in [4.69, 9.17) is 14.6 Å². The van der Waals surface area contributed by atoms with Crippen molar-refractivity contribution in [1.29, 1.82) is 0 Å². The van der Waals surface area contributed by atoms with Crippen LogP contribution in [0.5, 0.6) is 11.5 Å². The standard InChI is InChI=1S/C15H19NO5/c1-9(16-8-11(15(18)19)7-14(16)17)10-4-5-12(20-2)13(6-10)21-3/h4-6,9,11H,7-8H2,1-3H3,(H,18,19)/t9-,11+/m0/s1. The van der Waals surface area contributed by atoms with Gasteiger partial charge in [-0.15, -0.1) is 0 Å². The summed E-state index contributed by atoms with van der Waals surface area (Å²) >= 11 is 0. The van der Waals surface area contributed by atoms with Gasteiger partial charge in [0.2, 0.25) is 5.91 Å². The third kappa shape index (κ3) is 2.94. The maximum absolute atomic E-state index is 12.0. The molecule has 0 spiro atoms. The molecule has 114 valence electrons. The van der Waals surface area contributed by atoms with E-state index in [-0.39, 0.29) is 24.9 Å². The second-order valence-corrected chi connectivity index (χ2v) is 5.08. The first-order valence-corrected chi connectivity index (χ1v) is 6.72. The summed E-state index contributed by atoms with van der Waals surface area (Å²) in [5.41, 5.74) is 0.882. The molecule has 1 amide bonds. The fourth-order valence-corrected chi connectivity index (χ4v) is 2.56. The van der Waals surface area contributed by atoms with Crippen LogP contribution in [0, 0.1) is 5.92 Å². The molecule has 1 saturated heterocycles. The Morgan fingerprint density at radius 3 is 2.52 bits per heavy atom. The van der Waals surface area contributed by atoms with Crippen LogP contribution in [-0.2, 0) is 9.59 Å². The molecule has 1 aromatic carbocycles. The van der Waals surface area contributed by atoms with Crippen LogP contribution in [0.15, 0.2) is 18.2 Å². The minimum absolute atomic E-state index is 0.0625. The van der Waals surface area contributed by atoms with Crippen LogP contribution >= 0.6 is 0 Å². The lowest BCUT2D eigenvalue weighted by Gasteiger charge is -2.25. The van der Waals surface area contributed by atoms with E-state index < -0.39 is 11.9 Å². The van der Waals surface area contributed by atoms with Crippen molar-refractivity contribution in [3.63, 3.8) is 0 Å². The number of aliphatic carboxylic acids is 1. The number of amides is 1. The molecule has 2 atom stereocenters. The van der Waals surface area contributed by atoms with Gasteiger partial charge < -0.3 is 19.5 Å². The lowest BCUT2D eigenvalue weighted by molar-refractivity contribution is -0.141. The molecule has 1 aliphatic rings. The lowest BCUT2D eigenvalue weighted by atomic mass is 10.1. The van der Waals surface area contributed by atoms with Crippen LogP contribution in [0.25, 0.3) is 0 Å². The van der Waals surface area contributed by atoms with Gasteiger partial charge in [0.15, 0.2) is 11.5 Å². The highest BCUT2D eigenvalue weighted by atomic mass is 16.5. The van der Waals surface area contributed by atoms with Crippen molar-refractivity contribution < 1.29 is 24.2 Å². The number of hydrogen-bond acceptors (Lipinski definition) is 4. The molecule has 1 aromatic rings. The monoisotopic (exact) mass is 293 g/mol. The molecule has 1 N–H and O–H groups in total. The van der Waals surface area contributed by atoms with Crippen molar-refractivity contribution in [3.8, 4) is 11.5 Å². The molecule has 6 heteroatoms. The largest absolute Gasteiger partial charge is 0.493 e. The summed E-state index contributed by atoms with van der Waals surface area (Å²) in [5.74, 6) is -0.483. The first-order chi connectivity index (χ1) is 9.97. The van der Waals surface area contributed by atoms with Crippen LogP contribution < -0.4 is 9.47 Å². The summed E-state index contributed by atoms with van der Waals surface area (Å²) in [5, 5.41) is 9.04. The van der Waals surface area contributed by atoms with Gasteiger partial charge in [-0.3, -0.25) is 9.59 Å². The van der Waals surface area contributed by atoms with Crippen molar-refractivity contribution in [2.45, 2.75) is 19.4 Å². The molecule has 1 heterocycles. The molecular formula is C15H19NO5. The van der Waals surface area contributed by atoms with Crippen LogP contribution in [0.4, 0.5) is 0 Å². The maximum atomic E-state index is 12.0. The van der Waals surface area contributed by atoms with E-state index in [2.05, 4.69) is 0 Å². The maximum Gasteiger partial charge on any atom is 0.308 e. The minimum atomic E-state index is -0.926. The molecule has 1 fully saturated rings. The molecular weight excluding hydrogens is 274 g/mol. The van der Waals surface area contributed by atoms with E-state index in [1.807, 2.05) is 19.1 Å². The van der Waals surface area contributed by atoms with Crippen LogP contribution in [0.1, 0.15) is 24.9 Å². The van der Waals surface area contributed by atoms with Gasteiger partial charge in [-0.2, -0.15) is 0 Å². The fraction of sp³-hybridized carbons (Fsp3) is 0.467. The molecule has 0 aromatic heterocycles. The minimum Gasteiger partial charge on any atom is -0.493 e. The van der Waals surface area contributed by atoms with E-state index in [0.717, 1.165) is 5.56 Å². The van der Waals surface area contributed by atoms with Crippen molar-refractivity contribution in [2.75, 3.05) is 20.8 Å². The zero-order valence-electron chi connectivity index (χ0n) is 12.3. The first kappa shape index (κ1) is 15.2. The molecule has 0 bridgehead atoms. The van der Waals surface area contributed by atoms with E-state index in [9.17, 15) is 9.59 Å². The zero-order chi connectivity index (χ0) is 15.6. The molecule has 0 radical (unpaired) electrons. The first-order valence-electron chi connectivity index (χ1n) is 6.72. The molecule has 0 saturated carbocycles. The Hall–Kier alpha value is -2.24. The number of carbonyl (C=O) groups is 2. The average molecular weight is 293 g/mol. The van der Waals surface area contributed by atoms with Gasteiger partial charge in [0, 0.05) is 13.0 Å². The van der Waals surface area contributed by atoms with E-state index in [1.54, 1.807) is 25.2 Å². The van der Waals surface area contributed by atoms with E-state index >= 15 is 0 Å². The summed E-state index contributed by atoms with van der Waals surface area (Å²) in [6.07, 6.45) is 0.0625. The highest BCUT2D eigenvalue weighted by Gasteiger charge is 2.37. The van der Waals surface area contributed by atoms with Crippen LogP contribution in [-0.4, -0.2) is 42.6 Å². The third-order valence-electron chi connectivity index (χ3n) is 3.87. The van der Waals surface area contributed by atoms with Gasteiger partial charge in [-0.05, 0) is 24.6 Å². The predicted molar refractivity (Wildman–Crippen MR) is 75.4 cm³/mol. The lowest BCUT2D eigenvalue weighted by Crippen LogP contribution is -2.29. The van der Waals surface area contributed by atoms with Crippen molar-refractivity contribution in [3.05, 3.63) is 23.8 Å². The fourth-order valence-electron chi connectivity index (χ4n) is 2.56. The van der Waals surface area contributed by atoms with Gasteiger partial charge in [0.25, 0.3) is 0 Å². The third-order valence-corrected chi connectivity index (χ3v) is 3.87. The summed E-state index contributed by atoms with van der Waals surface area (Å²) in [7, 11) is 3.11. The molecule has 6 nitrogen and oxygen atoms in total. The number of hydrogen-bond donors (Lipinski definition) is 1. The Labute approximate surface area is 123 Å². The van der Waals surface area contributed by atoms with Gasteiger partial charge in [-0.25, -0.2) is 0 Å². The number of benzene rings is 1. The van der Waals surface area contributed by atoms with Gasteiger partial charge >= 0.3 is 5.97 Å². The van der Waals surface area contributed by atoms with Gasteiger partial charge in [-0.1, -0.05) is 6.07 Å². The summed E-state index contributed by atoms with van der Waals surface area (Å²) in [6, 6.07) is 5.24. The highest BCUT2D eigenvalue weighted by molar-refractivity contribution is 5.86. The Balaban J connectivity index is 2.22. The topological polar surface area (TPSA) is 76.1 Å². The Morgan fingerprint density at radius 2 is 2.00 bits per heavy atom. The number of carboxylic acids is 1. The number of methoxy groups -OCH3 is 2. The number of ether oxygens (including phenoxy) is 2. The Kier molecular flexibility index (Phi) is 4.35. The van der Waals surface area contributed by atoms with Crippen LogP contribution in [0.2, 0.25) is 0 Å². The predicted octanol–water partition coefficient (Wildman–Crippen LogP) is 1.70. The van der Waals surface area contributed by atoms with E-state index in [1.165, 1.54) is 0 Å². The van der Waals surface area contributed by atoms with Crippen molar-refractivity contribution >= 4 is 11.9 Å².